The van der Waals surface area contributed by atoms with Crippen LogP contribution < -0.4 is 4.72 Å². The van der Waals surface area contributed by atoms with Crippen LogP contribution in [0.4, 0.5) is 11.4 Å². The van der Waals surface area contributed by atoms with Crippen LogP contribution in [-0.2, 0) is 10.0 Å². The van der Waals surface area contributed by atoms with Crippen LogP contribution in [0.25, 0.3) is 0 Å². The van der Waals surface area contributed by atoms with E-state index in [-0.39, 0.29) is 16.3 Å². The minimum atomic E-state index is -3.76. The van der Waals surface area contributed by atoms with Gasteiger partial charge in [0, 0.05) is 11.6 Å². The predicted octanol–water partition coefficient (Wildman–Crippen LogP) is 3.01. The fraction of sp³-hybridized carbons (Fsp3) is 0.143. The van der Waals surface area contributed by atoms with Crippen molar-refractivity contribution in [3.63, 3.8) is 0 Å². The Hall–Kier alpha value is -2.41. The highest BCUT2D eigenvalue weighted by molar-refractivity contribution is 7.92. The van der Waals surface area contributed by atoms with Crippen LogP contribution in [0, 0.1) is 24.0 Å². The minimum Gasteiger partial charge on any atom is -0.279 e. The summed E-state index contributed by atoms with van der Waals surface area (Å²) in [6.07, 6.45) is 0. The van der Waals surface area contributed by atoms with Gasteiger partial charge in [-0.15, -0.1) is 0 Å². The molecule has 0 aliphatic rings. The Morgan fingerprint density at radius 2 is 1.67 bits per heavy atom. The van der Waals surface area contributed by atoms with Crippen molar-refractivity contribution in [2.24, 2.45) is 0 Å². The highest BCUT2D eigenvalue weighted by atomic mass is 32.2. The zero-order chi connectivity index (χ0) is 15.6. The number of anilines is 1. The third-order valence-corrected chi connectivity index (χ3v) is 4.42. The molecule has 7 heteroatoms. The molecule has 0 aliphatic carbocycles. The molecule has 110 valence electrons. The lowest BCUT2D eigenvalue weighted by Crippen LogP contribution is -2.14. The van der Waals surface area contributed by atoms with Crippen LogP contribution in [0.3, 0.4) is 0 Å². The number of nitrogens with zero attached hydrogens (tertiary/aromatic N) is 1. The molecule has 0 radical (unpaired) electrons. The van der Waals surface area contributed by atoms with Crippen molar-refractivity contribution in [3.05, 3.63) is 63.7 Å². The van der Waals surface area contributed by atoms with E-state index in [1.807, 2.05) is 0 Å². The molecule has 0 spiro atoms. The van der Waals surface area contributed by atoms with Crippen molar-refractivity contribution in [2.75, 3.05) is 4.72 Å². The zero-order valence-electron chi connectivity index (χ0n) is 11.5. The van der Waals surface area contributed by atoms with E-state index in [1.54, 1.807) is 38.1 Å². The summed E-state index contributed by atoms with van der Waals surface area (Å²) in [6.45, 7) is 3.31. The molecule has 0 aliphatic heterocycles. The maximum Gasteiger partial charge on any atom is 0.274 e. The lowest BCUT2D eigenvalue weighted by Gasteiger charge is -2.11. The average Bonchev–Trinajstić information content (AvgIpc) is 2.42. The summed E-state index contributed by atoms with van der Waals surface area (Å²) in [6, 6.07) is 10.7. The molecule has 0 unspecified atom stereocenters. The number of nitrogens with one attached hydrogen (secondary N) is 1. The van der Waals surface area contributed by atoms with E-state index in [4.69, 9.17) is 0 Å². The smallest absolute Gasteiger partial charge is 0.274 e. The topological polar surface area (TPSA) is 89.3 Å². The minimum absolute atomic E-state index is 0.104. The molecule has 1 N–H and O–H groups in total. The Morgan fingerprint density at radius 1 is 1.05 bits per heavy atom. The molecule has 2 aromatic rings. The first-order valence-corrected chi connectivity index (χ1v) is 7.63. The molecule has 21 heavy (non-hydrogen) atoms. The summed E-state index contributed by atoms with van der Waals surface area (Å²) in [4.78, 5) is 10.5. The fourth-order valence-corrected chi connectivity index (χ4v) is 3.09. The summed E-state index contributed by atoms with van der Waals surface area (Å²) in [5.41, 5.74) is 1.19. The maximum atomic E-state index is 12.2. The molecule has 0 heterocycles. The van der Waals surface area contributed by atoms with Gasteiger partial charge in [-0.25, -0.2) is 8.42 Å². The van der Waals surface area contributed by atoms with Gasteiger partial charge in [-0.05, 0) is 37.6 Å². The fourth-order valence-electron chi connectivity index (χ4n) is 1.95. The number of nitro groups is 1. The number of sulfonamides is 1. The Labute approximate surface area is 122 Å². The van der Waals surface area contributed by atoms with Gasteiger partial charge in [0.15, 0.2) is 0 Å². The van der Waals surface area contributed by atoms with Gasteiger partial charge in [-0.3, -0.25) is 14.8 Å². The molecule has 0 atom stereocenters. The second kappa shape index (κ2) is 5.53. The quantitative estimate of drug-likeness (QED) is 0.694. The van der Waals surface area contributed by atoms with Gasteiger partial charge in [0.05, 0.1) is 15.5 Å². The molecule has 0 fully saturated rings. The first kappa shape index (κ1) is 15.0. The number of aryl methyl sites for hydroxylation is 2. The molecule has 6 nitrogen and oxygen atoms in total. The lowest BCUT2D eigenvalue weighted by molar-refractivity contribution is -0.385. The van der Waals surface area contributed by atoms with Crippen LogP contribution >= 0.6 is 0 Å². The van der Waals surface area contributed by atoms with Crippen molar-refractivity contribution in [2.45, 2.75) is 18.7 Å². The largest absolute Gasteiger partial charge is 0.279 e. The normalized spacial score (nSPS) is 11.1. The molecule has 0 bridgehead atoms. The van der Waals surface area contributed by atoms with E-state index in [0.717, 1.165) is 0 Å². The number of benzene rings is 2. The van der Waals surface area contributed by atoms with E-state index in [1.165, 1.54) is 18.2 Å². The number of hydrogen-bond acceptors (Lipinski definition) is 4. The molecule has 0 aromatic heterocycles. The summed E-state index contributed by atoms with van der Waals surface area (Å²) in [5.74, 6) is 0. The summed E-state index contributed by atoms with van der Waals surface area (Å²) < 4.78 is 26.9. The standard InChI is InChI=1S/C14H14N2O4S/c1-10-8-11(2)14(16(17)18)9-13(10)15-21(19,20)12-6-4-3-5-7-12/h3-9,15H,1-2H3. The number of rotatable bonds is 4. The third-order valence-electron chi connectivity index (χ3n) is 3.04. The summed E-state index contributed by atoms with van der Waals surface area (Å²) in [5, 5.41) is 10.9. The van der Waals surface area contributed by atoms with E-state index in [0.29, 0.717) is 11.1 Å². The summed E-state index contributed by atoms with van der Waals surface area (Å²) >= 11 is 0. The van der Waals surface area contributed by atoms with Gasteiger partial charge in [-0.1, -0.05) is 18.2 Å². The van der Waals surface area contributed by atoms with Crippen LogP contribution in [0.2, 0.25) is 0 Å². The second-order valence-electron chi connectivity index (χ2n) is 4.63. The SMILES string of the molecule is Cc1cc(C)c([N+](=O)[O-])cc1NS(=O)(=O)c1ccccc1. The molecule has 0 saturated carbocycles. The van der Waals surface area contributed by atoms with E-state index in [9.17, 15) is 18.5 Å². The third kappa shape index (κ3) is 3.19. The molecular weight excluding hydrogens is 292 g/mol. The van der Waals surface area contributed by atoms with Gasteiger partial charge < -0.3 is 0 Å². The Kier molecular flexibility index (Phi) is 3.95. The molecule has 0 amide bonds. The van der Waals surface area contributed by atoms with E-state index < -0.39 is 14.9 Å². The first-order chi connectivity index (χ1) is 9.81. The molecule has 2 rings (SSSR count). The highest BCUT2D eigenvalue weighted by Crippen LogP contribution is 2.28. The van der Waals surface area contributed by atoms with E-state index >= 15 is 0 Å². The second-order valence-corrected chi connectivity index (χ2v) is 6.31. The van der Waals surface area contributed by atoms with Crippen molar-refractivity contribution in [3.8, 4) is 0 Å². The maximum absolute atomic E-state index is 12.2. The van der Waals surface area contributed by atoms with Gasteiger partial charge in [0.25, 0.3) is 15.7 Å². The predicted molar refractivity (Wildman–Crippen MR) is 79.8 cm³/mol. The average molecular weight is 306 g/mol. The molecule has 2 aromatic carbocycles. The Balaban J connectivity index is 2.45. The van der Waals surface area contributed by atoms with Crippen LogP contribution in [0.1, 0.15) is 11.1 Å². The first-order valence-electron chi connectivity index (χ1n) is 6.15. The van der Waals surface area contributed by atoms with Crippen molar-refractivity contribution in [1.29, 1.82) is 0 Å². The molecular formula is C14H14N2O4S. The van der Waals surface area contributed by atoms with Crippen molar-refractivity contribution in [1.82, 2.24) is 0 Å². The van der Waals surface area contributed by atoms with Crippen molar-refractivity contribution >= 4 is 21.4 Å². The highest BCUT2D eigenvalue weighted by Gasteiger charge is 2.19. The summed E-state index contributed by atoms with van der Waals surface area (Å²) in [7, 11) is -3.76. The monoisotopic (exact) mass is 306 g/mol. The Morgan fingerprint density at radius 3 is 2.24 bits per heavy atom. The number of nitro benzene ring substituents is 1. The van der Waals surface area contributed by atoms with Gasteiger partial charge in [-0.2, -0.15) is 0 Å². The van der Waals surface area contributed by atoms with Gasteiger partial charge >= 0.3 is 0 Å². The van der Waals surface area contributed by atoms with Crippen LogP contribution in [0.15, 0.2) is 47.4 Å². The van der Waals surface area contributed by atoms with Crippen molar-refractivity contribution < 1.29 is 13.3 Å². The zero-order valence-corrected chi connectivity index (χ0v) is 12.3. The Bertz CT molecular complexity index is 786. The molecule has 0 saturated heterocycles. The van der Waals surface area contributed by atoms with Gasteiger partial charge in [0.1, 0.15) is 0 Å². The number of hydrogen-bond donors (Lipinski definition) is 1. The van der Waals surface area contributed by atoms with Crippen LogP contribution in [0.5, 0.6) is 0 Å². The van der Waals surface area contributed by atoms with Crippen LogP contribution in [-0.4, -0.2) is 13.3 Å². The van der Waals surface area contributed by atoms with E-state index in [2.05, 4.69) is 4.72 Å². The lowest BCUT2D eigenvalue weighted by atomic mass is 10.1. The van der Waals surface area contributed by atoms with Gasteiger partial charge in [0.2, 0.25) is 0 Å².